The molecule has 1 aliphatic carbocycles. The molecule has 0 bridgehead atoms. The zero-order valence-electron chi connectivity index (χ0n) is 29.9. The van der Waals surface area contributed by atoms with Crippen LogP contribution in [-0.4, -0.2) is 77.3 Å². The number of hydrogen-bond donors (Lipinski definition) is 2. The lowest BCUT2D eigenvalue weighted by Crippen LogP contribution is -2.44. The number of aryl methyl sites for hydroxylation is 1. The summed E-state index contributed by atoms with van der Waals surface area (Å²) in [6.45, 7) is 1.79. The van der Waals surface area contributed by atoms with Crippen LogP contribution >= 0.6 is 0 Å². The summed E-state index contributed by atoms with van der Waals surface area (Å²) in [5.41, 5.74) is 2.29. The van der Waals surface area contributed by atoms with E-state index in [9.17, 15) is 32.3 Å². The standard InChI is InChI=1S/C38H39F4N9O4/c1-48-33-26(3-2-4-30(33)51(37(48)55)31-11-12-32(52)46-35(31)54)25-14-16-49(20-27(25)39)18-21-5-8-24(9-6-21)50-19-22-17-23(7-10-28(22)47-50)44-34(53)29-13-15-43-36(45-29)38(40,41)42/h2-4,7,10,13,15,17,19,21,24-25,27,31H,5-6,8-9,11-12,14,16,18,20H2,1H3,(H,44,53)(H,46,52,54)/t21?,24?,25-,27+,31?/m0/s1. The molecule has 13 nitrogen and oxygen atoms in total. The Bertz CT molecular complexity index is 2360. The summed E-state index contributed by atoms with van der Waals surface area (Å²) < 4.78 is 60.0. The van der Waals surface area contributed by atoms with Crippen molar-refractivity contribution in [3.05, 3.63) is 82.4 Å². The molecule has 2 aromatic carbocycles. The highest BCUT2D eigenvalue weighted by Crippen LogP contribution is 2.38. The Hall–Kier alpha value is -5.45. The van der Waals surface area contributed by atoms with Gasteiger partial charge in [0.15, 0.2) is 0 Å². The number of likely N-dealkylation sites (tertiary alicyclic amines) is 1. The smallest absolute Gasteiger partial charge is 0.321 e. The minimum absolute atomic E-state index is 0.144. The normalized spacial score (nSPS) is 24.0. The fraction of sp³-hybridized carbons (Fsp3) is 0.447. The van der Waals surface area contributed by atoms with Crippen molar-refractivity contribution >= 4 is 45.3 Å². The Labute approximate surface area is 311 Å². The van der Waals surface area contributed by atoms with E-state index in [1.54, 1.807) is 37.4 Å². The van der Waals surface area contributed by atoms with Crippen LogP contribution in [0, 0.1) is 5.92 Å². The van der Waals surface area contributed by atoms with Gasteiger partial charge in [0.1, 0.15) is 17.9 Å². The fourth-order valence-electron chi connectivity index (χ4n) is 8.57. The number of aromatic nitrogens is 6. The monoisotopic (exact) mass is 761 g/mol. The van der Waals surface area contributed by atoms with Gasteiger partial charge in [0, 0.05) is 55.9 Å². The summed E-state index contributed by atoms with van der Waals surface area (Å²) in [5.74, 6) is -3.04. The molecule has 2 aliphatic heterocycles. The molecular weight excluding hydrogens is 722 g/mol. The van der Waals surface area contributed by atoms with Gasteiger partial charge in [-0.1, -0.05) is 12.1 Å². The zero-order valence-corrected chi connectivity index (χ0v) is 29.9. The molecule has 1 saturated carbocycles. The zero-order chi connectivity index (χ0) is 38.6. The molecule has 1 unspecified atom stereocenters. The number of alkyl halides is 4. The molecule has 55 heavy (non-hydrogen) atoms. The number of carbonyl (C=O) groups excluding carboxylic acids is 3. The first-order valence-electron chi connectivity index (χ1n) is 18.4. The van der Waals surface area contributed by atoms with E-state index in [-0.39, 0.29) is 37.0 Å². The minimum atomic E-state index is -4.77. The number of imide groups is 1. The summed E-state index contributed by atoms with van der Waals surface area (Å²) in [7, 11) is 1.64. The van der Waals surface area contributed by atoms with Crippen LogP contribution in [0.25, 0.3) is 21.9 Å². The number of carbonyl (C=O) groups is 3. The van der Waals surface area contributed by atoms with E-state index < -0.39 is 47.6 Å². The highest BCUT2D eigenvalue weighted by Gasteiger charge is 2.37. The molecule has 0 spiro atoms. The summed E-state index contributed by atoms with van der Waals surface area (Å²) >= 11 is 0. The Morgan fingerprint density at radius 3 is 2.56 bits per heavy atom. The largest absolute Gasteiger partial charge is 0.451 e. The molecule has 3 fully saturated rings. The number of imidazole rings is 1. The molecule has 8 rings (SSSR count). The van der Waals surface area contributed by atoms with Crippen molar-refractivity contribution in [3.8, 4) is 0 Å². The van der Waals surface area contributed by atoms with Gasteiger partial charge in [-0.15, -0.1) is 0 Å². The first kappa shape index (κ1) is 36.5. The van der Waals surface area contributed by atoms with Crippen molar-refractivity contribution in [1.29, 1.82) is 0 Å². The molecule has 5 aromatic rings. The Morgan fingerprint density at radius 1 is 1.02 bits per heavy atom. The molecule has 2 N–H and O–H groups in total. The molecule has 17 heteroatoms. The van der Waals surface area contributed by atoms with Gasteiger partial charge < -0.3 is 10.2 Å². The van der Waals surface area contributed by atoms with Crippen molar-refractivity contribution in [3.63, 3.8) is 0 Å². The predicted octanol–water partition coefficient (Wildman–Crippen LogP) is 5.29. The molecule has 3 amide bonds. The van der Waals surface area contributed by atoms with Gasteiger partial charge in [-0.25, -0.2) is 19.2 Å². The molecule has 5 heterocycles. The summed E-state index contributed by atoms with van der Waals surface area (Å²) in [5, 5.41) is 10.5. The number of hydrogen-bond acceptors (Lipinski definition) is 8. The quantitative estimate of drug-likeness (QED) is 0.168. The van der Waals surface area contributed by atoms with E-state index >= 15 is 4.39 Å². The molecule has 3 atom stereocenters. The SMILES string of the molecule is Cn1c(=O)n(C2CCC(=O)NC2=O)c2cccc([C@@H]3CCN(CC4CCC(n5cc6cc(NC(=O)c7ccnc(C(F)(F)F)n7)ccc6n5)CC4)C[C@H]3F)c21. The van der Waals surface area contributed by atoms with Crippen LogP contribution < -0.4 is 16.3 Å². The topological polar surface area (TPSA) is 149 Å². The van der Waals surface area contributed by atoms with E-state index in [2.05, 4.69) is 25.5 Å². The van der Waals surface area contributed by atoms with Crippen LogP contribution in [0.3, 0.4) is 0 Å². The number of nitrogens with one attached hydrogen (secondary N) is 2. The average Bonchev–Trinajstić information content (AvgIpc) is 3.69. The van der Waals surface area contributed by atoms with Crippen molar-refractivity contribution in [2.24, 2.45) is 13.0 Å². The van der Waals surface area contributed by atoms with Crippen LogP contribution in [0.2, 0.25) is 0 Å². The lowest BCUT2D eigenvalue weighted by Gasteiger charge is -2.38. The third-order valence-corrected chi connectivity index (χ3v) is 11.3. The van der Waals surface area contributed by atoms with Gasteiger partial charge >= 0.3 is 11.9 Å². The Balaban J connectivity index is 0.872. The number of benzene rings is 2. The summed E-state index contributed by atoms with van der Waals surface area (Å²) in [6, 6.07) is 11.0. The van der Waals surface area contributed by atoms with Crippen LogP contribution in [-0.2, 0) is 22.8 Å². The number of amides is 3. The molecule has 2 saturated heterocycles. The first-order valence-corrected chi connectivity index (χ1v) is 18.4. The van der Waals surface area contributed by atoms with Gasteiger partial charge in [-0.05, 0) is 86.9 Å². The second-order valence-electron chi connectivity index (χ2n) is 14.8. The average molecular weight is 762 g/mol. The Kier molecular flexibility index (Phi) is 9.51. The maximum Gasteiger partial charge on any atom is 0.451 e. The summed E-state index contributed by atoms with van der Waals surface area (Å²) in [6.07, 6.45) is 1.56. The molecular formula is C38H39F4N9O4. The van der Waals surface area contributed by atoms with Crippen LogP contribution in [0.1, 0.15) is 84.8 Å². The maximum absolute atomic E-state index is 16.1. The molecule has 0 radical (unpaired) electrons. The number of anilines is 1. The van der Waals surface area contributed by atoms with Crippen molar-refractivity contribution in [2.45, 2.75) is 75.3 Å². The number of rotatable bonds is 7. The van der Waals surface area contributed by atoms with Crippen molar-refractivity contribution in [1.82, 2.24) is 39.1 Å². The van der Waals surface area contributed by atoms with Gasteiger partial charge in [-0.2, -0.15) is 18.3 Å². The third-order valence-electron chi connectivity index (χ3n) is 11.3. The lowest BCUT2D eigenvalue weighted by atomic mass is 9.83. The van der Waals surface area contributed by atoms with E-state index in [1.807, 2.05) is 16.9 Å². The number of nitrogens with zero attached hydrogens (tertiary/aromatic N) is 7. The van der Waals surface area contributed by atoms with Crippen molar-refractivity contribution < 1.29 is 31.9 Å². The summed E-state index contributed by atoms with van der Waals surface area (Å²) in [4.78, 5) is 59.2. The highest BCUT2D eigenvalue weighted by molar-refractivity contribution is 6.03. The second kappa shape index (κ2) is 14.3. The van der Waals surface area contributed by atoms with E-state index in [0.29, 0.717) is 35.6 Å². The van der Waals surface area contributed by atoms with Crippen LogP contribution in [0.5, 0.6) is 0 Å². The second-order valence-corrected chi connectivity index (χ2v) is 14.8. The van der Waals surface area contributed by atoms with E-state index in [1.165, 1.54) is 9.13 Å². The van der Waals surface area contributed by atoms with E-state index in [0.717, 1.165) is 61.0 Å². The maximum atomic E-state index is 16.1. The van der Waals surface area contributed by atoms with E-state index in [4.69, 9.17) is 5.10 Å². The van der Waals surface area contributed by atoms with Gasteiger partial charge in [0.05, 0.1) is 22.6 Å². The van der Waals surface area contributed by atoms with Gasteiger partial charge in [-0.3, -0.25) is 33.5 Å². The van der Waals surface area contributed by atoms with Gasteiger partial charge in [0.2, 0.25) is 17.6 Å². The number of piperidine rings is 2. The molecule has 3 aliphatic rings. The minimum Gasteiger partial charge on any atom is -0.321 e. The predicted molar refractivity (Wildman–Crippen MR) is 193 cm³/mol. The lowest BCUT2D eigenvalue weighted by molar-refractivity contribution is -0.145. The fourth-order valence-corrected chi connectivity index (χ4v) is 8.57. The first-order chi connectivity index (χ1) is 26.3. The highest BCUT2D eigenvalue weighted by atomic mass is 19.4. The molecule has 3 aromatic heterocycles. The number of halogens is 4. The number of para-hydroxylation sites is 1. The van der Waals surface area contributed by atoms with Gasteiger partial charge in [0.25, 0.3) is 5.91 Å². The van der Waals surface area contributed by atoms with Crippen LogP contribution in [0.15, 0.2) is 59.7 Å². The Morgan fingerprint density at radius 2 is 1.82 bits per heavy atom. The third kappa shape index (κ3) is 7.12. The molecule has 288 valence electrons. The van der Waals surface area contributed by atoms with Crippen molar-refractivity contribution in [2.75, 3.05) is 25.0 Å². The number of fused-ring (bicyclic) bond motifs is 2. The van der Waals surface area contributed by atoms with Crippen LogP contribution in [0.4, 0.5) is 23.2 Å².